The topological polar surface area (TPSA) is 52.7 Å². The molecule has 1 atom stereocenters. The van der Waals surface area contributed by atoms with Gasteiger partial charge in [-0.3, -0.25) is 9.59 Å². The quantitative estimate of drug-likeness (QED) is 0.819. The minimum absolute atomic E-state index is 0.0888. The minimum Gasteiger partial charge on any atom is -0.355 e. The van der Waals surface area contributed by atoms with Crippen molar-refractivity contribution in [3.05, 3.63) is 35.6 Å². The average Bonchev–Trinajstić information content (AvgIpc) is 2.64. The molecule has 1 aromatic rings. The highest BCUT2D eigenvalue weighted by Crippen LogP contribution is 2.20. The predicted molar refractivity (Wildman–Crippen MR) is 95.8 cm³/mol. The zero-order valence-electron chi connectivity index (χ0n) is 15.1. The molecule has 1 fully saturated rings. The third-order valence-corrected chi connectivity index (χ3v) is 4.81. The van der Waals surface area contributed by atoms with Gasteiger partial charge in [-0.2, -0.15) is 0 Å². The first-order chi connectivity index (χ1) is 12.0. The van der Waals surface area contributed by atoms with E-state index in [0.29, 0.717) is 19.4 Å². The van der Waals surface area contributed by atoms with Crippen LogP contribution in [0.15, 0.2) is 24.3 Å². The fourth-order valence-corrected chi connectivity index (χ4v) is 3.16. The Morgan fingerprint density at radius 2 is 1.76 bits per heavy atom. The van der Waals surface area contributed by atoms with Crippen LogP contribution >= 0.6 is 0 Å². The molecule has 5 nitrogen and oxygen atoms in total. The van der Waals surface area contributed by atoms with Crippen molar-refractivity contribution in [1.29, 1.82) is 0 Å². The fourth-order valence-electron chi connectivity index (χ4n) is 3.16. The van der Waals surface area contributed by atoms with E-state index >= 15 is 0 Å². The summed E-state index contributed by atoms with van der Waals surface area (Å²) in [5.41, 5.74) is 0.795. The standard InChI is InChI=1S/C19H28FN3O2/c1-3-17(15-5-7-16(20)8-6-15)19(25)21-10-9-18(24)23-13-11-22(4-2)12-14-23/h5-8,17H,3-4,9-14H2,1-2H3,(H,21,25). The second-order valence-electron chi connectivity index (χ2n) is 6.37. The van der Waals surface area contributed by atoms with Crippen molar-refractivity contribution in [3.8, 4) is 0 Å². The van der Waals surface area contributed by atoms with Crippen LogP contribution < -0.4 is 5.32 Å². The Bertz CT molecular complexity index is 569. The molecule has 1 heterocycles. The molecule has 0 bridgehead atoms. The van der Waals surface area contributed by atoms with E-state index in [2.05, 4.69) is 17.1 Å². The van der Waals surface area contributed by atoms with Crippen LogP contribution in [0.4, 0.5) is 4.39 Å². The number of benzene rings is 1. The summed E-state index contributed by atoms with van der Waals surface area (Å²) in [6, 6.07) is 6.01. The summed E-state index contributed by atoms with van der Waals surface area (Å²) in [4.78, 5) is 28.8. The van der Waals surface area contributed by atoms with E-state index in [1.165, 1.54) is 12.1 Å². The second-order valence-corrected chi connectivity index (χ2v) is 6.37. The molecule has 1 N–H and O–H groups in total. The maximum Gasteiger partial charge on any atom is 0.227 e. The maximum atomic E-state index is 13.0. The zero-order chi connectivity index (χ0) is 18.2. The number of nitrogens with one attached hydrogen (secondary N) is 1. The number of halogens is 1. The molecule has 1 unspecified atom stereocenters. The molecular formula is C19H28FN3O2. The Morgan fingerprint density at radius 1 is 1.12 bits per heavy atom. The number of hydrogen-bond acceptors (Lipinski definition) is 3. The summed E-state index contributed by atoms with van der Waals surface area (Å²) < 4.78 is 13.0. The van der Waals surface area contributed by atoms with Gasteiger partial charge in [-0.15, -0.1) is 0 Å². The number of amides is 2. The lowest BCUT2D eigenvalue weighted by molar-refractivity contribution is -0.133. The van der Waals surface area contributed by atoms with Gasteiger partial charge in [-0.05, 0) is 30.7 Å². The number of hydrogen-bond donors (Lipinski definition) is 1. The van der Waals surface area contributed by atoms with Gasteiger partial charge in [0.15, 0.2) is 0 Å². The van der Waals surface area contributed by atoms with Crippen LogP contribution in [0, 0.1) is 5.82 Å². The van der Waals surface area contributed by atoms with Gasteiger partial charge in [0.1, 0.15) is 5.82 Å². The van der Waals surface area contributed by atoms with Crippen molar-refractivity contribution in [3.63, 3.8) is 0 Å². The van der Waals surface area contributed by atoms with Gasteiger partial charge in [0.2, 0.25) is 11.8 Å². The average molecular weight is 349 g/mol. The van der Waals surface area contributed by atoms with E-state index in [0.717, 1.165) is 38.3 Å². The summed E-state index contributed by atoms with van der Waals surface area (Å²) in [6.07, 6.45) is 0.947. The zero-order valence-corrected chi connectivity index (χ0v) is 15.1. The lowest BCUT2D eigenvalue weighted by atomic mass is 9.95. The SMILES string of the molecule is CCC(C(=O)NCCC(=O)N1CCN(CC)CC1)c1ccc(F)cc1. The van der Waals surface area contributed by atoms with Crippen LogP contribution in [-0.4, -0.2) is 60.9 Å². The summed E-state index contributed by atoms with van der Waals surface area (Å²) in [6.45, 7) is 8.74. The van der Waals surface area contributed by atoms with Gasteiger partial charge in [0.25, 0.3) is 0 Å². The van der Waals surface area contributed by atoms with Crippen LogP contribution in [0.3, 0.4) is 0 Å². The molecule has 0 aromatic heterocycles. The molecule has 1 saturated heterocycles. The largest absolute Gasteiger partial charge is 0.355 e. The highest BCUT2D eigenvalue weighted by atomic mass is 19.1. The van der Waals surface area contributed by atoms with Crippen LogP contribution in [0.25, 0.3) is 0 Å². The van der Waals surface area contributed by atoms with Crippen molar-refractivity contribution >= 4 is 11.8 Å². The van der Waals surface area contributed by atoms with Crippen molar-refractivity contribution in [1.82, 2.24) is 15.1 Å². The lowest BCUT2D eigenvalue weighted by Crippen LogP contribution is -2.49. The van der Waals surface area contributed by atoms with E-state index in [9.17, 15) is 14.0 Å². The highest BCUT2D eigenvalue weighted by molar-refractivity contribution is 5.84. The van der Waals surface area contributed by atoms with Crippen LogP contribution in [0.2, 0.25) is 0 Å². The van der Waals surface area contributed by atoms with Gasteiger partial charge in [-0.1, -0.05) is 26.0 Å². The number of rotatable bonds is 7. The summed E-state index contributed by atoms with van der Waals surface area (Å²) in [7, 11) is 0. The summed E-state index contributed by atoms with van der Waals surface area (Å²) in [5, 5.41) is 2.85. The normalized spacial score (nSPS) is 16.5. The molecule has 0 spiro atoms. The van der Waals surface area contributed by atoms with E-state index in [4.69, 9.17) is 0 Å². The number of carbonyl (C=O) groups excluding carboxylic acids is 2. The molecule has 0 aliphatic carbocycles. The Balaban J connectivity index is 1.77. The minimum atomic E-state index is -0.316. The van der Waals surface area contributed by atoms with E-state index < -0.39 is 0 Å². The van der Waals surface area contributed by atoms with Crippen LogP contribution in [0.5, 0.6) is 0 Å². The molecule has 6 heteroatoms. The molecule has 1 aliphatic heterocycles. The number of piperazine rings is 1. The van der Waals surface area contributed by atoms with Crippen LogP contribution in [-0.2, 0) is 9.59 Å². The van der Waals surface area contributed by atoms with Gasteiger partial charge in [0.05, 0.1) is 5.92 Å². The van der Waals surface area contributed by atoms with Crippen LogP contribution in [0.1, 0.15) is 38.2 Å². The van der Waals surface area contributed by atoms with Gasteiger partial charge >= 0.3 is 0 Å². The number of likely N-dealkylation sites (N-methyl/N-ethyl adjacent to an activating group) is 1. The van der Waals surface area contributed by atoms with E-state index in [1.54, 1.807) is 12.1 Å². The molecule has 138 valence electrons. The van der Waals surface area contributed by atoms with E-state index in [-0.39, 0.29) is 23.5 Å². The van der Waals surface area contributed by atoms with Gasteiger partial charge in [-0.25, -0.2) is 4.39 Å². The lowest BCUT2D eigenvalue weighted by Gasteiger charge is -2.34. The first-order valence-electron chi connectivity index (χ1n) is 9.08. The molecular weight excluding hydrogens is 321 g/mol. The summed E-state index contributed by atoms with van der Waals surface area (Å²) in [5.74, 6) is -0.653. The Hall–Kier alpha value is -1.95. The first-order valence-corrected chi connectivity index (χ1v) is 9.08. The molecule has 0 saturated carbocycles. The molecule has 2 rings (SSSR count). The molecule has 2 amide bonds. The monoisotopic (exact) mass is 349 g/mol. The summed E-state index contributed by atoms with van der Waals surface area (Å²) >= 11 is 0. The predicted octanol–water partition coefficient (Wildman–Crippen LogP) is 1.99. The van der Waals surface area contributed by atoms with E-state index in [1.807, 2.05) is 11.8 Å². The van der Waals surface area contributed by atoms with Gasteiger partial charge in [0, 0.05) is 39.1 Å². The smallest absolute Gasteiger partial charge is 0.227 e. The Labute approximate surface area is 149 Å². The molecule has 1 aliphatic rings. The van der Waals surface area contributed by atoms with Gasteiger partial charge < -0.3 is 15.1 Å². The fraction of sp³-hybridized carbons (Fsp3) is 0.579. The molecule has 0 radical (unpaired) electrons. The first kappa shape index (κ1) is 19.4. The molecule has 1 aromatic carbocycles. The third-order valence-electron chi connectivity index (χ3n) is 4.81. The van der Waals surface area contributed by atoms with Crippen molar-refractivity contribution < 1.29 is 14.0 Å². The number of nitrogens with zero attached hydrogens (tertiary/aromatic N) is 2. The third kappa shape index (κ3) is 5.53. The molecule has 25 heavy (non-hydrogen) atoms. The second kappa shape index (κ2) is 9.51. The Kier molecular flexibility index (Phi) is 7.37. The van der Waals surface area contributed by atoms with Crippen molar-refractivity contribution in [2.75, 3.05) is 39.3 Å². The Morgan fingerprint density at radius 3 is 2.32 bits per heavy atom. The highest BCUT2D eigenvalue weighted by Gasteiger charge is 2.21. The number of carbonyl (C=O) groups is 2. The van der Waals surface area contributed by atoms with Crippen molar-refractivity contribution in [2.45, 2.75) is 32.6 Å². The maximum absolute atomic E-state index is 13.0. The van der Waals surface area contributed by atoms with Crippen molar-refractivity contribution in [2.24, 2.45) is 0 Å².